The molecule has 1 atom stereocenters. The van der Waals surface area contributed by atoms with Crippen molar-refractivity contribution in [3.8, 4) is 5.69 Å². The lowest BCUT2D eigenvalue weighted by molar-refractivity contribution is -0.137. The van der Waals surface area contributed by atoms with Crippen molar-refractivity contribution in [2.24, 2.45) is 0 Å². The highest BCUT2D eigenvalue weighted by Gasteiger charge is 2.32. The fraction of sp³-hybridized carbons (Fsp3) is 0.438. The number of nitrogens with zero attached hydrogens (tertiary/aromatic N) is 3. The van der Waals surface area contributed by atoms with Gasteiger partial charge in [0.25, 0.3) is 0 Å². The first-order valence-electron chi connectivity index (χ1n) is 7.74. The fourth-order valence-electron chi connectivity index (χ4n) is 2.98. The molecule has 1 aliphatic rings. The molecule has 0 amide bonds. The van der Waals surface area contributed by atoms with Gasteiger partial charge in [-0.2, -0.15) is 18.3 Å². The number of hydrogen-bond acceptors (Lipinski definition) is 4. The zero-order valence-corrected chi connectivity index (χ0v) is 14.6. The molecule has 1 fully saturated rings. The second kappa shape index (κ2) is 6.05. The molecule has 3 rings (SSSR count). The van der Waals surface area contributed by atoms with Crippen LogP contribution in [-0.2, 0) is 16.0 Å². The Kier molecular flexibility index (Phi) is 4.30. The first-order chi connectivity index (χ1) is 11.6. The summed E-state index contributed by atoms with van der Waals surface area (Å²) in [5, 5.41) is 3.91. The summed E-state index contributed by atoms with van der Waals surface area (Å²) >= 11 is 0. The van der Waals surface area contributed by atoms with Crippen LogP contribution in [0.3, 0.4) is 0 Å². The molecule has 1 aromatic heterocycles. The van der Waals surface area contributed by atoms with Crippen LogP contribution in [-0.4, -0.2) is 42.8 Å². The molecule has 0 N–H and O–H groups in total. The molecule has 1 saturated heterocycles. The quantitative estimate of drug-likeness (QED) is 0.830. The summed E-state index contributed by atoms with van der Waals surface area (Å²) in [7, 11) is -3.13. The van der Waals surface area contributed by atoms with Crippen molar-refractivity contribution in [3.63, 3.8) is 0 Å². The van der Waals surface area contributed by atoms with Gasteiger partial charge in [0.05, 0.1) is 22.2 Å². The fourth-order valence-corrected chi connectivity index (χ4v) is 3.96. The molecule has 0 aliphatic carbocycles. The van der Waals surface area contributed by atoms with E-state index in [1.807, 2.05) is 11.0 Å². The summed E-state index contributed by atoms with van der Waals surface area (Å²) in [6.07, 6.45) is -2.64. The number of hydrogen-bond donors (Lipinski definition) is 0. The molecule has 2 aromatic rings. The molecule has 1 aliphatic heterocycles. The highest BCUT2D eigenvalue weighted by Crippen LogP contribution is 2.31. The van der Waals surface area contributed by atoms with Crippen molar-refractivity contribution in [1.82, 2.24) is 9.78 Å². The van der Waals surface area contributed by atoms with Crippen molar-refractivity contribution in [1.29, 1.82) is 0 Å². The SMILES string of the molecule is Cc1cc(N2CCC(S(C)(=O)=O)C2)n(-c2ccc(C(F)(F)F)cc2)n1. The van der Waals surface area contributed by atoms with Crippen molar-refractivity contribution < 1.29 is 21.6 Å². The van der Waals surface area contributed by atoms with Gasteiger partial charge in [-0.3, -0.25) is 0 Å². The molecule has 9 heteroatoms. The smallest absolute Gasteiger partial charge is 0.355 e. The van der Waals surface area contributed by atoms with E-state index in [9.17, 15) is 21.6 Å². The van der Waals surface area contributed by atoms with E-state index < -0.39 is 26.8 Å². The van der Waals surface area contributed by atoms with E-state index in [1.165, 1.54) is 18.4 Å². The second-order valence-electron chi connectivity index (χ2n) is 6.29. The summed E-state index contributed by atoms with van der Waals surface area (Å²) in [5.74, 6) is 0.684. The molecule has 2 heterocycles. The molecule has 1 unspecified atom stereocenters. The van der Waals surface area contributed by atoms with Gasteiger partial charge >= 0.3 is 6.18 Å². The Morgan fingerprint density at radius 2 is 1.84 bits per heavy atom. The number of benzene rings is 1. The molecule has 1 aromatic carbocycles. The number of anilines is 1. The van der Waals surface area contributed by atoms with Gasteiger partial charge in [-0.25, -0.2) is 13.1 Å². The lowest BCUT2D eigenvalue weighted by Crippen LogP contribution is -2.27. The first kappa shape index (κ1) is 17.8. The van der Waals surface area contributed by atoms with E-state index in [0.717, 1.165) is 12.1 Å². The highest BCUT2D eigenvalue weighted by molar-refractivity contribution is 7.91. The van der Waals surface area contributed by atoms with Crippen LogP contribution in [0.1, 0.15) is 17.7 Å². The summed E-state index contributed by atoms with van der Waals surface area (Å²) in [6, 6.07) is 6.56. The Hall–Kier alpha value is -2.03. The Morgan fingerprint density at radius 1 is 1.20 bits per heavy atom. The van der Waals surface area contributed by atoms with E-state index in [1.54, 1.807) is 11.6 Å². The van der Waals surface area contributed by atoms with Crippen LogP contribution in [0.2, 0.25) is 0 Å². The molecule has 0 bridgehead atoms. The van der Waals surface area contributed by atoms with Crippen LogP contribution in [0, 0.1) is 6.92 Å². The minimum Gasteiger partial charge on any atom is -0.355 e. The third kappa shape index (κ3) is 3.65. The van der Waals surface area contributed by atoms with Crippen molar-refractivity contribution in [3.05, 3.63) is 41.6 Å². The predicted octanol–water partition coefficient (Wildman–Crippen LogP) is 2.82. The molecule has 136 valence electrons. The average Bonchev–Trinajstić information content (AvgIpc) is 3.12. The maximum atomic E-state index is 12.7. The van der Waals surface area contributed by atoms with Gasteiger partial charge < -0.3 is 4.90 Å². The van der Waals surface area contributed by atoms with E-state index >= 15 is 0 Å². The average molecular weight is 373 g/mol. The van der Waals surface area contributed by atoms with E-state index in [2.05, 4.69) is 5.10 Å². The summed E-state index contributed by atoms with van der Waals surface area (Å²) in [6.45, 7) is 2.70. The number of rotatable bonds is 3. The minimum absolute atomic E-state index is 0.352. The van der Waals surface area contributed by atoms with Gasteiger partial charge in [0.15, 0.2) is 9.84 Å². The lowest BCUT2D eigenvalue weighted by Gasteiger charge is -2.19. The zero-order valence-electron chi connectivity index (χ0n) is 13.8. The molecular weight excluding hydrogens is 355 g/mol. The van der Waals surface area contributed by atoms with Crippen LogP contribution in [0.4, 0.5) is 19.0 Å². The van der Waals surface area contributed by atoms with E-state index in [0.29, 0.717) is 36.7 Å². The number of aromatic nitrogens is 2. The normalized spacial score (nSPS) is 18.8. The summed E-state index contributed by atoms with van der Waals surface area (Å²) in [4.78, 5) is 1.91. The van der Waals surface area contributed by atoms with Crippen LogP contribution < -0.4 is 4.90 Å². The van der Waals surface area contributed by atoms with Gasteiger partial charge in [-0.05, 0) is 37.6 Å². The lowest BCUT2D eigenvalue weighted by atomic mass is 10.2. The van der Waals surface area contributed by atoms with Gasteiger partial charge in [0.1, 0.15) is 5.82 Å². The summed E-state index contributed by atoms with van der Waals surface area (Å²) < 4.78 is 63.2. The third-order valence-electron chi connectivity index (χ3n) is 4.33. The first-order valence-corrected chi connectivity index (χ1v) is 9.69. The minimum atomic E-state index is -4.39. The number of alkyl halides is 3. The van der Waals surface area contributed by atoms with Crippen LogP contribution in [0.15, 0.2) is 30.3 Å². The zero-order chi connectivity index (χ0) is 18.4. The monoisotopic (exact) mass is 373 g/mol. The molecular formula is C16H18F3N3O2S. The molecule has 0 radical (unpaired) electrons. The van der Waals surface area contributed by atoms with Crippen molar-refractivity contribution in [2.45, 2.75) is 24.8 Å². The van der Waals surface area contributed by atoms with E-state index in [-0.39, 0.29) is 0 Å². The van der Waals surface area contributed by atoms with Gasteiger partial charge in [0.2, 0.25) is 0 Å². The number of aryl methyl sites for hydroxylation is 1. The maximum Gasteiger partial charge on any atom is 0.416 e. The largest absolute Gasteiger partial charge is 0.416 e. The third-order valence-corrected chi connectivity index (χ3v) is 5.92. The maximum absolute atomic E-state index is 12.7. The molecule has 5 nitrogen and oxygen atoms in total. The van der Waals surface area contributed by atoms with Gasteiger partial charge in [-0.1, -0.05) is 0 Å². The molecule has 0 spiro atoms. The Labute approximate surface area is 144 Å². The number of halogens is 3. The molecule has 0 saturated carbocycles. The van der Waals surface area contributed by atoms with Crippen LogP contribution in [0.25, 0.3) is 5.69 Å². The Balaban J connectivity index is 1.92. The summed E-state index contributed by atoms with van der Waals surface area (Å²) in [5.41, 5.74) is 0.483. The van der Waals surface area contributed by atoms with Crippen LogP contribution in [0.5, 0.6) is 0 Å². The Bertz CT molecular complexity index is 873. The highest BCUT2D eigenvalue weighted by atomic mass is 32.2. The van der Waals surface area contributed by atoms with Crippen LogP contribution >= 0.6 is 0 Å². The topological polar surface area (TPSA) is 55.2 Å². The molecule has 25 heavy (non-hydrogen) atoms. The van der Waals surface area contributed by atoms with Crippen molar-refractivity contribution in [2.75, 3.05) is 24.2 Å². The van der Waals surface area contributed by atoms with Crippen molar-refractivity contribution >= 4 is 15.7 Å². The Morgan fingerprint density at radius 3 is 2.36 bits per heavy atom. The van der Waals surface area contributed by atoms with E-state index in [4.69, 9.17) is 0 Å². The van der Waals surface area contributed by atoms with Gasteiger partial charge in [-0.15, -0.1) is 0 Å². The second-order valence-corrected chi connectivity index (χ2v) is 8.61. The predicted molar refractivity (Wildman–Crippen MR) is 88.8 cm³/mol. The standard InChI is InChI=1S/C16H18F3N3O2S/c1-11-9-15(21-8-7-14(10-21)25(2,23)24)22(20-11)13-5-3-12(4-6-13)16(17,18)19/h3-6,9,14H,7-8,10H2,1-2H3. The van der Waals surface area contributed by atoms with Gasteiger partial charge in [0, 0.05) is 25.4 Å². The number of sulfone groups is 1.